The van der Waals surface area contributed by atoms with Crippen LogP contribution in [0, 0.1) is 23.7 Å². The van der Waals surface area contributed by atoms with Gasteiger partial charge in [-0.15, -0.1) is 0 Å². The van der Waals surface area contributed by atoms with Crippen molar-refractivity contribution in [3.05, 3.63) is 131 Å². The Morgan fingerprint density at radius 1 is 0.757 bits per heavy atom. The molecule has 8 rings (SSSR count). The van der Waals surface area contributed by atoms with E-state index in [4.69, 9.17) is 28.4 Å². The number of carbonyl (C=O) groups is 6. The zero-order valence-corrected chi connectivity index (χ0v) is 39.5. The van der Waals surface area contributed by atoms with Crippen LogP contribution in [0.5, 0.6) is 5.75 Å². The van der Waals surface area contributed by atoms with Crippen molar-refractivity contribution < 1.29 is 62.3 Å². The summed E-state index contributed by atoms with van der Waals surface area (Å²) in [5, 5.41) is 9.61. The summed E-state index contributed by atoms with van der Waals surface area (Å²) < 4.78 is 33.0. The number of carbonyl (C=O) groups excluding carboxylic acids is 6. The molecule has 0 bridgehead atoms. The van der Waals surface area contributed by atoms with E-state index >= 15 is 14.4 Å². The molecule has 4 aromatic carbocycles. The van der Waals surface area contributed by atoms with Gasteiger partial charge in [0.1, 0.15) is 36.5 Å². The van der Waals surface area contributed by atoms with Gasteiger partial charge in [0.25, 0.3) is 0 Å². The van der Waals surface area contributed by atoms with Gasteiger partial charge in [-0.25, -0.2) is 9.69 Å². The average molecular weight is 956 g/mol. The van der Waals surface area contributed by atoms with Crippen LogP contribution in [0.1, 0.15) is 84.5 Å². The van der Waals surface area contributed by atoms with Gasteiger partial charge in [-0.1, -0.05) is 104 Å². The summed E-state index contributed by atoms with van der Waals surface area (Å²) in [5.74, 6) is -0.106. The van der Waals surface area contributed by atoms with Gasteiger partial charge in [0, 0.05) is 32.2 Å². The van der Waals surface area contributed by atoms with Crippen LogP contribution in [0.15, 0.2) is 103 Å². The summed E-state index contributed by atoms with van der Waals surface area (Å²) in [6.07, 6.45) is 1.95. The molecular weight excluding hydrogens is 899 g/mol. The molecule has 3 saturated heterocycles. The molecule has 0 aromatic heterocycles. The van der Waals surface area contributed by atoms with Crippen molar-refractivity contribution in [3.8, 4) is 17.6 Å². The summed E-state index contributed by atoms with van der Waals surface area (Å²) in [6.45, 7) is 0.370. The maximum absolute atomic E-state index is 16.5. The van der Waals surface area contributed by atoms with Crippen molar-refractivity contribution in [2.45, 2.75) is 68.2 Å². The summed E-state index contributed by atoms with van der Waals surface area (Å²) in [7, 11) is 3.76. The minimum absolute atomic E-state index is 0.0177. The van der Waals surface area contributed by atoms with Gasteiger partial charge in [-0.3, -0.25) is 28.9 Å². The fraction of sp³-hybridized carbons (Fsp3) is 0.407. The molecule has 3 fully saturated rings. The highest BCUT2D eigenvalue weighted by Gasteiger charge is 2.76. The number of benzene rings is 4. The van der Waals surface area contributed by atoms with Gasteiger partial charge < -0.3 is 38.4 Å². The summed E-state index contributed by atoms with van der Waals surface area (Å²) in [5.41, 5.74) is 0.516. The first-order valence-electron chi connectivity index (χ1n) is 23.6. The van der Waals surface area contributed by atoms with E-state index in [1.807, 2.05) is 65.6 Å². The Morgan fingerprint density at radius 2 is 1.40 bits per heavy atom. The third kappa shape index (κ3) is 9.36. The fourth-order valence-electron chi connectivity index (χ4n) is 10.6. The first kappa shape index (κ1) is 49.4. The molecule has 0 aliphatic carbocycles. The fourth-order valence-corrected chi connectivity index (χ4v) is 10.6. The molecule has 1 N–H and O–H groups in total. The molecule has 0 radical (unpaired) electrons. The molecule has 4 heterocycles. The van der Waals surface area contributed by atoms with E-state index in [1.165, 1.54) is 7.11 Å². The second kappa shape index (κ2) is 22.1. The lowest BCUT2D eigenvalue weighted by atomic mass is 9.64. The van der Waals surface area contributed by atoms with Crippen molar-refractivity contribution in [2.24, 2.45) is 11.8 Å². The van der Waals surface area contributed by atoms with E-state index in [1.54, 1.807) is 47.4 Å². The number of methoxy groups -OCH3 is 3. The lowest BCUT2D eigenvalue weighted by Crippen LogP contribution is -2.56. The molecule has 4 aliphatic heterocycles. The minimum atomic E-state index is -2.07. The number of hydrogen-bond donors (Lipinski definition) is 1. The average Bonchev–Trinajstić information content (AvgIpc) is 3.83. The smallest absolute Gasteiger partial charge is 0.421 e. The highest BCUT2D eigenvalue weighted by Crippen LogP contribution is 2.66. The van der Waals surface area contributed by atoms with Gasteiger partial charge in [-0.2, -0.15) is 0 Å². The topological polar surface area (TPSA) is 188 Å². The van der Waals surface area contributed by atoms with Crippen LogP contribution in [0.2, 0.25) is 0 Å². The molecule has 6 atom stereocenters. The zero-order chi connectivity index (χ0) is 49.4. The van der Waals surface area contributed by atoms with Crippen molar-refractivity contribution in [3.63, 3.8) is 0 Å². The standard InChI is InChI=1S/C54H57N3O13/c1-65-32-33-69-53(64)56-42-27-22-35(16-15-21-40(49(60)66-2)50(61)67-3)34-41(42)54(52(56)63)43(48(59)55-28-13-5-4-6-14-29-55)45-51(62)70-46(37-19-11-8-12-20-37)44(36-17-9-7-10-18-36)57(45)47(54)38-23-25-39(26-24-38)68-31-30-58/h7-12,17-20,22-27,34,40,43-47,58H,4-6,13-14,21,28-33H2,1-3H3/t43-,44-,45-,46+,47+,54-/m0/s1. The van der Waals surface area contributed by atoms with Gasteiger partial charge in [-0.05, 0) is 65.4 Å². The maximum atomic E-state index is 16.5. The van der Waals surface area contributed by atoms with E-state index in [2.05, 4.69) is 11.8 Å². The number of hydrogen-bond acceptors (Lipinski definition) is 14. The number of nitrogens with zero attached hydrogens (tertiary/aromatic N) is 3. The van der Waals surface area contributed by atoms with Crippen LogP contribution in [-0.4, -0.2) is 118 Å². The van der Waals surface area contributed by atoms with Crippen LogP contribution in [0.3, 0.4) is 0 Å². The number of anilines is 1. The first-order valence-corrected chi connectivity index (χ1v) is 23.6. The Kier molecular flexibility index (Phi) is 15.6. The van der Waals surface area contributed by atoms with E-state index in [9.17, 15) is 19.5 Å². The predicted molar refractivity (Wildman–Crippen MR) is 253 cm³/mol. The Labute approximate surface area is 406 Å². The summed E-state index contributed by atoms with van der Waals surface area (Å²) in [6, 6.07) is 27.1. The van der Waals surface area contributed by atoms with Crippen LogP contribution in [0.4, 0.5) is 10.5 Å². The number of fused-ring (bicyclic) bond motifs is 3. The van der Waals surface area contributed by atoms with Crippen LogP contribution < -0.4 is 9.64 Å². The number of aliphatic hydroxyl groups excluding tert-OH is 1. The quantitative estimate of drug-likeness (QED) is 0.0540. The van der Waals surface area contributed by atoms with E-state index in [0.29, 0.717) is 48.4 Å². The number of imide groups is 1. The van der Waals surface area contributed by atoms with Gasteiger partial charge >= 0.3 is 24.0 Å². The molecule has 366 valence electrons. The molecule has 16 heteroatoms. The molecule has 0 unspecified atom stereocenters. The Morgan fingerprint density at radius 3 is 2.03 bits per heavy atom. The molecule has 4 aromatic rings. The van der Waals surface area contributed by atoms with Gasteiger partial charge in [0.05, 0.1) is 51.1 Å². The molecule has 16 nitrogen and oxygen atoms in total. The largest absolute Gasteiger partial charge is 0.491 e. The lowest BCUT2D eigenvalue weighted by molar-refractivity contribution is -0.179. The predicted octanol–water partition coefficient (Wildman–Crippen LogP) is 6.00. The zero-order valence-electron chi connectivity index (χ0n) is 39.5. The number of cyclic esters (lactones) is 1. The Bertz CT molecular complexity index is 2590. The number of ether oxygens (including phenoxy) is 6. The van der Waals surface area contributed by atoms with E-state index in [-0.39, 0.29) is 44.1 Å². The molecule has 4 aliphatic rings. The first-order chi connectivity index (χ1) is 34.1. The Balaban J connectivity index is 1.44. The summed E-state index contributed by atoms with van der Waals surface area (Å²) in [4.78, 5) is 92.6. The number of aliphatic hydroxyl groups is 1. The monoisotopic (exact) mass is 955 g/mol. The van der Waals surface area contributed by atoms with Crippen LogP contribution >= 0.6 is 0 Å². The maximum Gasteiger partial charge on any atom is 0.421 e. The molecule has 70 heavy (non-hydrogen) atoms. The number of esters is 3. The van der Waals surface area contributed by atoms with Gasteiger partial charge in [0.15, 0.2) is 5.92 Å². The van der Waals surface area contributed by atoms with E-state index in [0.717, 1.165) is 43.9 Å². The van der Waals surface area contributed by atoms with Crippen molar-refractivity contribution in [1.29, 1.82) is 0 Å². The molecule has 1 spiro atoms. The molecule has 3 amide bonds. The second-order valence-electron chi connectivity index (χ2n) is 17.6. The number of amides is 3. The van der Waals surface area contributed by atoms with E-state index < -0.39 is 77.3 Å². The second-order valence-corrected chi connectivity index (χ2v) is 17.6. The number of rotatable bonds is 13. The van der Waals surface area contributed by atoms with Crippen LogP contribution in [-0.2, 0) is 53.1 Å². The van der Waals surface area contributed by atoms with Crippen molar-refractivity contribution in [2.75, 3.05) is 65.7 Å². The Hall–Kier alpha value is -7.06. The highest BCUT2D eigenvalue weighted by molar-refractivity contribution is 6.23. The van der Waals surface area contributed by atoms with Crippen molar-refractivity contribution >= 4 is 41.5 Å². The minimum Gasteiger partial charge on any atom is -0.491 e. The SMILES string of the molecule is COCCOC(=O)N1C(=O)[C@@]2(c3cc(C#CCC(C(=O)OC)C(=O)OC)ccc31)[C@H](C(=O)N1CCCCCCC1)[C@H]1C(=O)O[C@H](c3ccccc3)[C@H](c3ccccc3)N1[C@@H]2c1ccc(OCCO)cc1. The number of likely N-dealkylation sites (tertiary alicyclic amines) is 1. The lowest BCUT2D eigenvalue weighted by Gasteiger charge is -2.46. The van der Waals surface area contributed by atoms with Gasteiger partial charge in [0.2, 0.25) is 11.8 Å². The third-order valence-electron chi connectivity index (χ3n) is 13.7. The summed E-state index contributed by atoms with van der Waals surface area (Å²) >= 11 is 0. The van der Waals surface area contributed by atoms with Crippen LogP contribution in [0.25, 0.3) is 0 Å². The third-order valence-corrected chi connectivity index (χ3v) is 13.7. The molecule has 0 saturated carbocycles. The molecular formula is C54H57N3O13. The number of morpholine rings is 1. The highest BCUT2D eigenvalue weighted by atomic mass is 16.6. The van der Waals surface area contributed by atoms with Crippen molar-refractivity contribution in [1.82, 2.24) is 9.80 Å². The normalized spacial score (nSPS) is 23.0.